The van der Waals surface area contributed by atoms with Gasteiger partial charge in [0.25, 0.3) is 0 Å². The summed E-state index contributed by atoms with van der Waals surface area (Å²) < 4.78 is 16.2. The van der Waals surface area contributed by atoms with Crippen LogP contribution in [0.15, 0.2) is 18.2 Å². The molecule has 0 saturated carbocycles. The summed E-state index contributed by atoms with van der Waals surface area (Å²) in [5.41, 5.74) is 2.04. The van der Waals surface area contributed by atoms with Gasteiger partial charge in [0, 0.05) is 17.3 Å². The molecule has 164 valence electrons. The maximum atomic E-state index is 12.4. The van der Waals surface area contributed by atoms with Gasteiger partial charge >= 0.3 is 11.9 Å². The van der Waals surface area contributed by atoms with Crippen LogP contribution in [0.3, 0.4) is 0 Å². The lowest BCUT2D eigenvalue weighted by atomic mass is 9.91. The Kier molecular flexibility index (Phi) is 13.4. The number of hydrogen-bond donors (Lipinski definition) is 0. The Bertz CT molecular complexity index is 617. The fourth-order valence-electron chi connectivity index (χ4n) is 3.21. The Hall–Kier alpha value is -1.56. The van der Waals surface area contributed by atoms with Gasteiger partial charge in [0.05, 0.1) is 25.7 Å². The number of aryl methyl sites for hydroxylation is 1. The minimum atomic E-state index is -0.395. The Balaban J connectivity index is 2.85. The zero-order valence-electron chi connectivity index (χ0n) is 18.0. The van der Waals surface area contributed by atoms with Crippen molar-refractivity contribution in [3.8, 4) is 5.75 Å². The summed E-state index contributed by atoms with van der Waals surface area (Å²) in [6.07, 6.45) is 6.40. The van der Waals surface area contributed by atoms with E-state index in [-0.39, 0.29) is 11.9 Å². The Morgan fingerprint density at radius 1 is 1.00 bits per heavy atom. The van der Waals surface area contributed by atoms with E-state index in [1.165, 1.54) is 12.8 Å². The van der Waals surface area contributed by atoms with Crippen LogP contribution in [0.4, 0.5) is 0 Å². The average molecular weight is 471 g/mol. The van der Waals surface area contributed by atoms with Crippen molar-refractivity contribution in [2.45, 2.75) is 71.6 Å². The third kappa shape index (κ3) is 9.66. The quantitative estimate of drug-likeness (QED) is 0.190. The van der Waals surface area contributed by atoms with Crippen molar-refractivity contribution in [2.75, 3.05) is 25.2 Å². The minimum absolute atomic E-state index is 0.214. The standard InChI is InChI=1S/C23H35BrO5/c1-4-27-21(25)15-11-17-29-20-14-10-13-19(12-8-6-7-9-16-24)22(20)18(3)23(26)28-5-2/h10,13-14,18H,4-9,11-12,15-17H2,1-3H3. The molecular formula is C23H35BrO5. The molecule has 0 saturated heterocycles. The summed E-state index contributed by atoms with van der Waals surface area (Å²) >= 11 is 3.47. The van der Waals surface area contributed by atoms with Crippen LogP contribution in [0.1, 0.15) is 76.3 Å². The summed E-state index contributed by atoms with van der Waals surface area (Å²) in [6.45, 7) is 6.62. The molecule has 29 heavy (non-hydrogen) atoms. The number of hydrogen-bond acceptors (Lipinski definition) is 5. The third-order valence-corrected chi connectivity index (χ3v) is 5.21. The first-order chi connectivity index (χ1) is 14.0. The number of ether oxygens (including phenoxy) is 3. The molecule has 1 unspecified atom stereocenters. The van der Waals surface area contributed by atoms with Crippen LogP contribution in [0, 0.1) is 0 Å². The first-order valence-corrected chi connectivity index (χ1v) is 11.8. The predicted octanol–water partition coefficient (Wildman–Crippen LogP) is 5.57. The first-order valence-electron chi connectivity index (χ1n) is 10.7. The topological polar surface area (TPSA) is 61.8 Å². The van der Waals surface area contributed by atoms with Gasteiger partial charge < -0.3 is 14.2 Å². The molecule has 6 heteroatoms. The van der Waals surface area contributed by atoms with Gasteiger partial charge in [-0.3, -0.25) is 9.59 Å². The van der Waals surface area contributed by atoms with Crippen LogP contribution in [0.2, 0.25) is 0 Å². The van der Waals surface area contributed by atoms with Crippen LogP contribution in [-0.4, -0.2) is 37.1 Å². The summed E-state index contributed by atoms with van der Waals surface area (Å²) in [5.74, 6) is -0.148. The lowest BCUT2D eigenvalue weighted by molar-refractivity contribution is -0.144. The lowest BCUT2D eigenvalue weighted by Gasteiger charge is -2.20. The molecule has 0 amide bonds. The minimum Gasteiger partial charge on any atom is -0.493 e. The lowest BCUT2D eigenvalue weighted by Crippen LogP contribution is -2.16. The number of unbranched alkanes of at least 4 members (excludes halogenated alkanes) is 3. The molecule has 0 spiro atoms. The van der Waals surface area contributed by atoms with Gasteiger partial charge in [0.1, 0.15) is 5.75 Å². The Morgan fingerprint density at radius 3 is 2.41 bits per heavy atom. The third-order valence-electron chi connectivity index (χ3n) is 4.65. The Labute approximate surface area is 183 Å². The fraction of sp³-hybridized carbons (Fsp3) is 0.652. The molecule has 0 aliphatic heterocycles. The number of benzene rings is 1. The van der Waals surface area contributed by atoms with E-state index < -0.39 is 5.92 Å². The monoisotopic (exact) mass is 470 g/mol. The highest BCUT2D eigenvalue weighted by molar-refractivity contribution is 9.09. The van der Waals surface area contributed by atoms with Gasteiger partial charge in [-0.2, -0.15) is 0 Å². The van der Waals surface area contributed by atoms with E-state index >= 15 is 0 Å². The fourth-order valence-corrected chi connectivity index (χ4v) is 3.60. The number of esters is 2. The highest BCUT2D eigenvalue weighted by Crippen LogP contribution is 2.32. The average Bonchev–Trinajstić information content (AvgIpc) is 2.71. The number of carbonyl (C=O) groups excluding carboxylic acids is 2. The van der Waals surface area contributed by atoms with Crippen molar-refractivity contribution in [3.05, 3.63) is 29.3 Å². The van der Waals surface area contributed by atoms with E-state index in [1.54, 1.807) is 6.92 Å². The molecule has 5 nitrogen and oxygen atoms in total. The van der Waals surface area contributed by atoms with E-state index in [0.717, 1.165) is 35.7 Å². The van der Waals surface area contributed by atoms with E-state index in [9.17, 15) is 9.59 Å². The molecule has 0 fully saturated rings. The summed E-state index contributed by atoms with van der Waals surface area (Å²) in [4.78, 5) is 23.9. The van der Waals surface area contributed by atoms with Gasteiger partial charge in [0.2, 0.25) is 0 Å². The van der Waals surface area contributed by atoms with Crippen molar-refractivity contribution in [2.24, 2.45) is 0 Å². The first kappa shape index (κ1) is 25.5. The van der Waals surface area contributed by atoms with Crippen LogP contribution in [0.5, 0.6) is 5.75 Å². The molecule has 0 radical (unpaired) electrons. The molecule has 0 aromatic heterocycles. The van der Waals surface area contributed by atoms with Crippen molar-refractivity contribution >= 4 is 27.9 Å². The summed E-state index contributed by atoms with van der Waals surface area (Å²) in [5, 5.41) is 1.03. The number of rotatable bonds is 15. The Morgan fingerprint density at radius 2 is 1.72 bits per heavy atom. The number of alkyl halides is 1. The molecule has 0 bridgehead atoms. The van der Waals surface area contributed by atoms with Gasteiger partial charge in [-0.05, 0) is 58.1 Å². The van der Waals surface area contributed by atoms with E-state index in [2.05, 4.69) is 22.0 Å². The highest BCUT2D eigenvalue weighted by Gasteiger charge is 2.23. The zero-order chi connectivity index (χ0) is 21.5. The second-order valence-electron chi connectivity index (χ2n) is 6.91. The zero-order valence-corrected chi connectivity index (χ0v) is 19.6. The second kappa shape index (κ2) is 15.3. The van der Waals surface area contributed by atoms with E-state index in [0.29, 0.717) is 38.4 Å². The van der Waals surface area contributed by atoms with Gasteiger partial charge in [-0.15, -0.1) is 0 Å². The molecule has 1 aromatic carbocycles. The maximum absolute atomic E-state index is 12.4. The van der Waals surface area contributed by atoms with Crippen molar-refractivity contribution < 1.29 is 23.8 Å². The van der Waals surface area contributed by atoms with E-state index in [1.807, 2.05) is 26.0 Å². The molecule has 0 heterocycles. The van der Waals surface area contributed by atoms with Crippen molar-refractivity contribution in [1.82, 2.24) is 0 Å². The van der Waals surface area contributed by atoms with Gasteiger partial charge in [0.15, 0.2) is 0 Å². The molecule has 0 aliphatic carbocycles. The summed E-state index contributed by atoms with van der Waals surface area (Å²) in [7, 11) is 0. The molecule has 0 N–H and O–H groups in total. The van der Waals surface area contributed by atoms with Crippen LogP contribution >= 0.6 is 15.9 Å². The van der Waals surface area contributed by atoms with Crippen molar-refractivity contribution in [1.29, 1.82) is 0 Å². The van der Waals surface area contributed by atoms with Crippen LogP contribution in [-0.2, 0) is 25.5 Å². The molecule has 0 aliphatic rings. The maximum Gasteiger partial charge on any atom is 0.313 e. The SMILES string of the molecule is CCOC(=O)CCCOc1cccc(CCCCCCBr)c1C(C)C(=O)OCC. The highest BCUT2D eigenvalue weighted by atomic mass is 79.9. The summed E-state index contributed by atoms with van der Waals surface area (Å²) in [6, 6.07) is 5.93. The second-order valence-corrected chi connectivity index (χ2v) is 7.71. The molecule has 1 aromatic rings. The van der Waals surface area contributed by atoms with Crippen LogP contribution in [0.25, 0.3) is 0 Å². The van der Waals surface area contributed by atoms with Crippen LogP contribution < -0.4 is 4.74 Å². The smallest absolute Gasteiger partial charge is 0.313 e. The van der Waals surface area contributed by atoms with Crippen molar-refractivity contribution in [3.63, 3.8) is 0 Å². The molecular weight excluding hydrogens is 436 g/mol. The van der Waals surface area contributed by atoms with Gasteiger partial charge in [-0.1, -0.05) is 40.9 Å². The largest absolute Gasteiger partial charge is 0.493 e. The van der Waals surface area contributed by atoms with Gasteiger partial charge in [-0.25, -0.2) is 0 Å². The molecule has 1 atom stereocenters. The normalized spacial score (nSPS) is 11.7. The number of carbonyl (C=O) groups is 2. The van der Waals surface area contributed by atoms with E-state index in [4.69, 9.17) is 14.2 Å². The number of halogens is 1. The molecule has 1 rings (SSSR count). The predicted molar refractivity (Wildman–Crippen MR) is 119 cm³/mol.